The fraction of sp³-hybridized carbons (Fsp3) is 0.810. The highest BCUT2D eigenvalue weighted by molar-refractivity contribution is 6.94. The summed E-state index contributed by atoms with van der Waals surface area (Å²) in [7, 11) is -6.95. The molecule has 11 atom stereocenters. The largest absolute Gasteiger partial charge is 0.436 e. The Kier molecular flexibility index (Phi) is 8.65. The topological polar surface area (TPSA) is 18.5 Å². The summed E-state index contributed by atoms with van der Waals surface area (Å²) in [6.07, 6.45) is 18.6. The molecule has 47 heavy (non-hydrogen) atoms. The van der Waals surface area contributed by atoms with Gasteiger partial charge in [0.1, 0.15) is 0 Å². The quantitative estimate of drug-likeness (QED) is 0.170. The van der Waals surface area contributed by atoms with E-state index >= 15 is 0 Å². The molecule has 5 heteroatoms. The van der Waals surface area contributed by atoms with Gasteiger partial charge in [0.25, 0.3) is 0 Å². The minimum atomic E-state index is -2.57. The van der Waals surface area contributed by atoms with Crippen LogP contribution in [-0.4, -0.2) is 25.2 Å². The van der Waals surface area contributed by atoms with E-state index in [-0.39, 0.29) is 0 Å². The van der Waals surface area contributed by atoms with Crippen molar-refractivity contribution < 1.29 is 8.23 Å². The second-order valence-corrected chi connectivity index (χ2v) is 32.4. The van der Waals surface area contributed by atoms with Crippen LogP contribution in [-0.2, 0) is 8.23 Å². The molecule has 1 aromatic rings. The van der Waals surface area contributed by atoms with Gasteiger partial charge in [-0.2, -0.15) is 0 Å². The molecule has 0 N–H and O–H groups in total. The van der Waals surface area contributed by atoms with E-state index in [1.54, 1.807) is 0 Å². The standard InChI is InChI=1S/C42H68O2Si3/c1-12-29-13-21-36(22-14-29)46(10,27-31-16-19-34-24-38(31)41(34,4)5)44-47(11,28-32-17-20-35-25-39(32)42(35,6)7)43-45(8,9)26-30-15-18-33-23-37(30)40(33,2)3/h1,13-14,21-22,30-35,37-39H,15-20,23-28H2,2-11H3. The zero-order valence-corrected chi connectivity index (χ0v) is 34.9. The number of hydrogen-bond acceptors (Lipinski definition) is 2. The van der Waals surface area contributed by atoms with Crippen LogP contribution in [0.2, 0.25) is 44.3 Å². The summed E-state index contributed by atoms with van der Waals surface area (Å²) >= 11 is 0. The SMILES string of the molecule is C#Cc1ccc([Si](C)(CC2CCC3CC2C3(C)C)O[Si](C)(CC2CCC3CC2C3(C)C)O[Si](C)(C)CC2CCC3CC2C3(C)C)cc1. The summed E-state index contributed by atoms with van der Waals surface area (Å²) in [6.45, 7) is 25.6. The van der Waals surface area contributed by atoms with Crippen LogP contribution in [0.15, 0.2) is 24.3 Å². The second-order valence-electron chi connectivity index (χ2n) is 20.8. The molecule has 0 saturated heterocycles. The van der Waals surface area contributed by atoms with Gasteiger partial charge in [0.15, 0.2) is 8.32 Å². The van der Waals surface area contributed by atoms with Crippen LogP contribution in [0.25, 0.3) is 0 Å². The number of hydrogen-bond donors (Lipinski definition) is 0. The van der Waals surface area contributed by atoms with E-state index in [9.17, 15) is 0 Å². The first-order chi connectivity index (χ1) is 21.9. The lowest BCUT2D eigenvalue weighted by molar-refractivity contribution is -0.101. The number of fused-ring (bicyclic) bond motifs is 6. The lowest BCUT2D eigenvalue weighted by atomic mass is 9.46. The molecule has 6 bridgehead atoms. The monoisotopic (exact) mass is 688 g/mol. The molecule has 10 rings (SSSR count). The average molecular weight is 689 g/mol. The maximum Gasteiger partial charge on any atom is 0.314 e. The Labute approximate surface area is 292 Å². The van der Waals surface area contributed by atoms with Gasteiger partial charge in [0.2, 0.25) is 8.32 Å². The van der Waals surface area contributed by atoms with Crippen LogP contribution < -0.4 is 5.19 Å². The Balaban J connectivity index is 1.20. The van der Waals surface area contributed by atoms with Crippen molar-refractivity contribution in [1.82, 2.24) is 0 Å². The summed E-state index contributed by atoms with van der Waals surface area (Å²) < 4.78 is 16.0. The highest BCUT2D eigenvalue weighted by Crippen LogP contribution is 2.65. The molecule has 0 radical (unpaired) electrons. The first kappa shape index (κ1) is 34.8. The van der Waals surface area contributed by atoms with Gasteiger partial charge in [0, 0.05) is 5.56 Å². The molecule has 9 saturated carbocycles. The van der Waals surface area contributed by atoms with E-state index in [1.807, 2.05) is 0 Å². The van der Waals surface area contributed by atoms with Gasteiger partial charge in [-0.05, 0) is 176 Å². The fourth-order valence-electron chi connectivity index (χ4n) is 13.6. The maximum absolute atomic E-state index is 8.10. The molecular formula is C42H68O2Si3. The summed E-state index contributed by atoms with van der Waals surface area (Å²) in [5, 5.41) is 1.44. The van der Waals surface area contributed by atoms with Gasteiger partial charge in [-0.3, -0.25) is 0 Å². The van der Waals surface area contributed by atoms with Crippen LogP contribution >= 0.6 is 0 Å². The highest BCUT2D eigenvalue weighted by Gasteiger charge is 2.60. The fourth-order valence-corrected chi connectivity index (χ4v) is 30.2. The first-order valence-corrected chi connectivity index (χ1v) is 28.1. The third kappa shape index (κ3) is 5.98. The maximum atomic E-state index is 8.10. The summed E-state index contributed by atoms with van der Waals surface area (Å²) in [5.74, 6) is 10.6. The molecule has 9 fully saturated rings. The first-order valence-electron chi connectivity index (χ1n) is 19.8. The van der Waals surface area contributed by atoms with Gasteiger partial charge in [0.05, 0.1) is 0 Å². The minimum Gasteiger partial charge on any atom is -0.436 e. The Morgan fingerprint density at radius 2 is 1.04 bits per heavy atom. The van der Waals surface area contributed by atoms with Gasteiger partial charge in [-0.25, -0.2) is 0 Å². The molecule has 0 heterocycles. The lowest BCUT2D eigenvalue weighted by Gasteiger charge is -2.62. The van der Waals surface area contributed by atoms with Crippen molar-refractivity contribution in [1.29, 1.82) is 0 Å². The van der Waals surface area contributed by atoms with Crippen molar-refractivity contribution >= 4 is 30.4 Å². The van der Waals surface area contributed by atoms with E-state index in [1.165, 1.54) is 81.1 Å². The van der Waals surface area contributed by atoms with Gasteiger partial charge in [-0.1, -0.05) is 72.4 Å². The molecule has 9 aliphatic rings. The molecule has 9 aliphatic carbocycles. The zero-order chi connectivity index (χ0) is 33.8. The van der Waals surface area contributed by atoms with Crippen LogP contribution in [0.4, 0.5) is 0 Å². The van der Waals surface area contributed by atoms with E-state index in [0.29, 0.717) is 16.2 Å². The van der Waals surface area contributed by atoms with Crippen molar-refractivity contribution in [2.45, 2.75) is 144 Å². The molecule has 0 amide bonds. The van der Waals surface area contributed by atoms with Crippen LogP contribution in [0.3, 0.4) is 0 Å². The highest BCUT2D eigenvalue weighted by atomic mass is 28.5. The average Bonchev–Trinajstić information content (AvgIpc) is 3.00. The predicted octanol–water partition coefficient (Wildman–Crippen LogP) is 11.0. The molecule has 2 nitrogen and oxygen atoms in total. The molecule has 260 valence electrons. The smallest absolute Gasteiger partial charge is 0.314 e. The van der Waals surface area contributed by atoms with E-state index in [0.717, 1.165) is 58.8 Å². The van der Waals surface area contributed by atoms with Gasteiger partial charge in [-0.15, -0.1) is 6.42 Å². The Morgan fingerprint density at radius 1 is 0.617 bits per heavy atom. The Morgan fingerprint density at radius 3 is 1.45 bits per heavy atom. The number of terminal acetylenes is 1. The zero-order valence-electron chi connectivity index (χ0n) is 31.9. The van der Waals surface area contributed by atoms with E-state index in [4.69, 9.17) is 14.7 Å². The third-order valence-corrected chi connectivity index (χ3v) is 29.7. The van der Waals surface area contributed by atoms with Gasteiger partial charge >= 0.3 is 8.56 Å². The third-order valence-electron chi connectivity index (χ3n) is 16.6. The summed E-state index contributed by atoms with van der Waals surface area (Å²) in [4.78, 5) is 0. The van der Waals surface area contributed by atoms with Crippen LogP contribution in [0, 0.1) is 81.8 Å². The summed E-state index contributed by atoms with van der Waals surface area (Å²) in [5.41, 5.74) is 2.48. The second kappa shape index (κ2) is 11.7. The molecule has 11 unspecified atom stereocenters. The van der Waals surface area contributed by atoms with Crippen LogP contribution in [0.1, 0.15) is 105 Å². The number of rotatable bonds is 11. The molecule has 1 aromatic carbocycles. The van der Waals surface area contributed by atoms with Crippen molar-refractivity contribution in [2.75, 3.05) is 0 Å². The van der Waals surface area contributed by atoms with E-state index < -0.39 is 25.2 Å². The van der Waals surface area contributed by atoms with Crippen molar-refractivity contribution in [2.24, 2.45) is 69.5 Å². The minimum absolute atomic E-state index is 0.486. The predicted molar refractivity (Wildman–Crippen MR) is 206 cm³/mol. The van der Waals surface area contributed by atoms with Crippen LogP contribution in [0.5, 0.6) is 0 Å². The molecule has 0 aromatic heterocycles. The molecular weight excluding hydrogens is 621 g/mol. The van der Waals surface area contributed by atoms with Gasteiger partial charge < -0.3 is 8.23 Å². The van der Waals surface area contributed by atoms with Crippen molar-refractivity contribution in [3.05, 3.63) is 29.8 Å². The number of benzene rings is 1. The van der Waals surface area contributed by atoms with Crippen molar-refractivity contribution in [3.8, 4) is 12.3 Å². The van der Waals surface area contributed by atoms with Crippen molar-refractivity contribution in [3.63, 3.8) is 0 Å². The van der Waals surface area contributed by atoms with E-state index in [2.05, 4.69) is 97.9 Å². The lowest BCUT2D eigenvalue weighted by Crippen LogP contribution is -2.64. The molecule has 0 spiro atoms. The summed E-state index contributed by atoms with van der Waals surface area (Å²) in [6, 6.07) is 12.8. The molecule has 0 aliphatic heterocycles. The Bertz CT molecular complexity index is 1370. The Hall–Kier alpha value is -0.649. The normalized spacial score (nSPS) is 40.0.